The first-order valence-electron chi connectivity index (χ1n) is 22.5. The van der Waals surface area contributed by atoms with Gasteiger partial charge in [-0.2, -0.15) is 0 Å². The summed E-state index contributed by atoms with van der Waals surface area (Å²) in [5.41, 5.74) is 4.62. The average molecular weight is 789 g/mol. The van der Waals surface area contributed by atoms with E-state index in [4.69, 9.17) is 0 Å². The predicted octanol–water partition coefficient (Wildman–Crippen LogP) is 8.79. The molecule has 10 heteroatoms. The Morgan fingerprint density at radius 3 is 1.48 bits per heavy atom. The summed E-state index contributed by atoms with van der Waals surface area (Å²) in [5, 5.41) is 31.3. The summed E-state index contributed by atoms with van der Waals surface area (Å²) in [7, 11) is 0. The lowest BCUT2D eigenvalue weighted by atomic mass is 9.72. The standard InChI is InChI=1S/C48H64N6O4/c1-3-31-29-53-25-21-33(31)27-41(53)47(57)37-19-23-49-45-35(37)13-11-15-39(45)51-43(55)17-9-7-5-6-8-10-18-44(56)52-40-16-12-14-36-38(20-24-50-46(36)40)48(58)42-28-34-22-26-54(42)30-32(34)4-2/h11-16,19-20,23-24,31-34,41-42,47-48,57-58H,3-10,17-18,21-22,25-30H2,1-2H3,(H,51,55)(H,52,56). The highest BCUT2D eigenvalue weighted by atomic mass is 16.3. The smallest absolute Gasteiger partial charge is 0.224 e. The third kappa shape index (κ3) is 8.67. The maximum Gasteiger partial charge on any atom is 0.224 e. The Balaban J connectivity index is 0.757. The Hall–Kier alpha value is -3.96. The summed E-state index contributed by atoms with van der Waals surface area (Å²) in [6, 6.07) is 15.8. The van der Waals surface area contributed by atoms with Crippen LogP contribution in [-0.2, 0) is 9.59 Å². The number of aliphatic hydroxyl groups is 2. The number of amides is 2. The van der Waals surface area contributed by atoms with Crippen molar-refractivity contribution in [2.75, 3.05) is 36.8 Å². The van der Waals surface area contributed by atoms with Crippen LogP contribution in [-0.4, -0.2) is 80.1 Å². The van der Waals surface area contributed by atoms with Gasteiger partial charge in [0.15, 0.2) is 0 Å². The quantitative estimate of drug-likeness (QED) is 0.0782. The molecule has 58 heavy (non-hydrogen) atoms. The molecule has 10 rings (SSSR count). The van der Waals surface area contributed by atoms with Crippen LogP contribution in [0.5, 0.6) is 0 Å². The highest BCUT2D eigenvalue weighted by molar-refractivity contribution is 6.02. The van der Waals surface area contributed by atoms with Crippen LogP contribution in [0.3, 0.4) is 0 Å². The van der Waals surface area contributed by atoms with E-state index in [2.05, 4.69) is 44.2 Å². The van der Waals surface area contributed by atoms with E-state index in [0.717, 1.165) is 122 Å². The largest absolute Gasteiger partial charge is 0.387 e. The van der Waals surface area contributed by atoms with Crippen molar-refractivity contribution in [3.63, 3.8) is 0 Å². The fourth-order valence-electron chi connectivity index (χ4n) is 11.2. The summed E-state index contributed by atoms with van der Waals surface area (Å²) in [5.74, 6) is 2.80. The van der Waals surface area contributed by atoms with E-state index >= 15 is 0 Å². The van der Waals surface area contributed by atoms with Crippen LogP contribution in [0.1, 0.15) is 127 Å². The van der Waals surface area contributed by atoms with Gasteiger partial charge in [0.05, 0.1) is 34.6 Å². The SMILES string of the molecule is CCC1CN2CCC1CC2C(O)c1ccnc2c(NC(=O)CCCCCCCCC(=O)Nc3cccc4c(C(O)C5CC6CCN5CC6CC)ccnc34)cccc12. The van der Waals surface area contributed by atoms with Gasteiger partial charge < -0.3 is 20.8 Å². The van der Waals surface area contributed by atoms with Crippen LogP contribution in [0.15, 0.2) is 60.9 Å². The number of unbranched alkanes of at least 4 members (excludes halogenated alkanes) is 5. The second-order valence-corrected chi connectivity index (χ2v) is 17.8. The number of benzene rings is 2. The van der Waals surface area contributed by atoms with E-state index in [0.29, 0.717) is 36.1 Å². The van der Waals surface area contributed by atoms with E-state index in [1.807, 2.05) is 48.5 Å². The van der Waals surface area contributed by atoms with E-state index in [-0.39, 0.29) is 23.9 Å². The molecule has 2 aromatic heterocycles. The molecule has 10 nitrogen and oxygen atoms in total. The van der Waals surface area contributed by atoms with Gasteiger partial charge in [-0.05, 0) is 111 Å². The number of piperidine rings is 6. The molecule has 4 aromatic rings. The summed E-state index contributed by atoms with van der Waals surface area (Å²) < 4.78 is 0. The van der Waals surface area contributed by atoms with Crippen molar-refractivity contribution in [1.82, 2.24) is 19.8 Å². The zero-order valence-corrected chi connectivity index (χ0v) is 34.6. The van der Waals surface area contributed by atoms with E-state index < -0.39 is 12.2 Å². The molecule has 6 aliphatic rings. The van der Waals surface area contributed by atoms with Gasteiger partial charge >= 0.3 is 0 Å². The fraction of sp³-hybridized carbons (Fsp3) is 0.583. The maximum absolute atomic E-state index is 13.0. The molecular formula is C48H64N6O4. The Kier molecular flexibility index (Phi) is 13.0. The minimum Gasteiger partial charge on any atom is -0.387 e. The highest BCUT2D eigenvalue weighted by Gasteiger charge is 2.44. The van der Waals surface area contributed by atoms with Gasteiger partial charge in [-0.3, -0.25) is 29.4 Å². The Morgan fingerprint density at radius 1 is 0.655 bits per heavy atom. The van der Waals surface area contributed by atoms with Crippen molar-refractivity contribution in [3.8, 4) is 0 Å². The molecule has 0 radical (unpaired) electrons. The summed E-state index contributed by atoms with van der Waals surface area (Å²) in [6.07, 6.45) is 15.7. The number of anilines is 2. The van der Waals surface area contributed by atoms with Crippen LogP contribution < -0.4 is 10.6 Å². The van der Waals surface area contributed by atoms with Gasteiger partial charge in [-0.15, -0.1) is 0 Å². The van der Waals surface area contributed by atoms with Crippen molar-refractivity contribution in [2.45, 2.75) is 128 Å². The second kappa shape index (κ2) is 18.5. The molecule has 6 saturated heterocycles. The highest BCUT2D eigenvalue weighted by Crippen LogP contribution is 2.44. The molecule has 8 heterocycles. The lowest BCUT2D eigenvalue weighted by Gasteiger charge is -2.51. The normalized spacial score (nSPS) is 27.4. The topological polar surface area (TPSA) is 131 Å². The molecule has 2 aromatic carbocycles. The summed E-state index contributed by atoms with van der Waals surface area (Å²) in [4.78, 5) is 40.3. The van der Waals surface area contributed by atoms with Crippen LogP contribution >= 0.6 is 0 Å². The number of aliphatic hydroxyl groups excluding tert-OH is 2. The third-order valence-electron chi connectivity index (χ3n) is 14.5. The van der Waals surface area contributed by atoms with E-state index in [1.54, 1.807) is 12.4 Å². The number of nitrogens with zero attached hydrogens (tertiary/aromatic N) is 4. The lowest BCUT2D eigenvalue weighted by Crippen LogP contribution is -2.55. The van der Waals surface area contributed by atoms with Crippen molar-refractivity contribution in [2.24, 2.45) is 23.7 Å². The number of hydrogen-bond donors (Lipinski definition) is 4. The monoisotopic (exact) mass is 788 g/mol. The number of rotatable bonds is 17. The van der Waals surface area contributed by atoms with Gasteiger partial charge in [0.25, 0.3) is 0 Å². The molecule has 6 aliphatic heterocycles. The molecule has 0 aliphatic carbocycles. The minimum absolute atomic E-state index is 0.0216. The molecule has 4 N–H and O–H groups in total. The molecule has 4 bridgehead atoms. The molecule has 310 valence electrons. The van der Waals surface area contributed by atoms with Crippen LogP contribution in [0.25, 0.3) is 21.8 Å². The number of carbonyl (C=O) groups excluding carboxylic acids is 2. The van der Waals surface area contributed by atoms with Gasteiger partial charge in [-0.25, -0.2) is 0 Å². The number of aromatic nitrogens is 2. The Bertz CT molecular complexity index is 1910. The van der Waals surface area contributed by atoms with Crippen LogP contribution in [0.2, 0.25) is 0 Å². The molecule has 6 fully saturated rings. The number of carbonyl (C=O) groups is 2. The number of fused-ring (bicyclic) bond motifs is 8. The van der Waals surface area contributed by atoms with E-state index in [9.17, 15) is 19.8 Å². The number of hydrogen-bond acceptors (Lipinski definition) is 8. The van der Waals surface area contributed by atoms with Crippen molar-refractivity contribution >= 4 is 45.0 Å². The van der Waals surface area contributed by atoms with Gasteiger partial charge in [0.2, 0.25) is 11.8 Å². The first-order valence-corrected chi connectivity index (χ1v) is 22.5. The number of pyridine rings is 2. The third-order valence-corrected chi connectivity index (χ3v) is 14.5. The van der Waals surface area contributed by atoms with Crippen LogP contribution in [0.4, 0.5) is 11.4 Å². The molecule has 10 unspecified atom stereocenters. The van der Waals surface area contributed by atoms with Gasteiger partial charge in [-0.1, -0.05) is 76.6 Å². The van der Waals surface area contributed by atoms with Crippen molar-refractivity contribution in [1.29, 1.82) is 0 Å². The first kappa shape index (κ1) is 40.8. The second-order valence-electron chi connectivity index (χ2n) is 17.8. The predicted molar refractivity (Wildman–Crippen MR) is 231 cm³/mol. The molecule has 10 atom stereocenters. The Labute approximate surface area is 344 Å². The zero-order chi connectivity index (χ0) is 40.2. The van der Waals surface area contributed by atoms with Crippen molar-refractivity contribution in [3.05, 3.63) is 72.1 Å². The Morgan fingerprint density at radius 2 is 1.09 bits per heavy atom. The summed E-state index contributed by atoms with van der Waals surface area (Å²) >= 11 is 0. The number of para-hydroxylation sites is 2. The molecule has 0 saturated carbocycles. The summed E-state index contributed by atoms with van der Waals surface area (Å²) in [6.45, 7) is 8.82. The van der Waals surface area contributed by atoms with Crippen molar-refractivity contribution < 1.29 is 19.8 Å². The first-order chi connectivity index (χ1) is 28.3. The average Bonchev–Trinajstić information content (AvgIpc) is 3.26. The zero-order valence-electron chi connectivity index (χ0n) is 34.6. The number of nitrogens with one attached hydrogen (secondary N) is 2. The fourth-order valence-corrected chi connectivity index (χ4v) is 11.2. The van der Waals surface area contributed by atoms with Gasteiger partial charge in [0, 0.05) is 61.2 Å². The molecule has 0 spiro atoms. The van der Waals surface area contributed by atoms with Crippen LogP contribution in [0, 0.1) is 23.7 Å². The molecule has 2 amide bonds. The lowest BCUT2D eigenvalue weighted by molar-refractivity contribution is -0.117. The maximum atomic E-state index is 13.0. The molecular weight excluding hydrogens is 725 g/mol. The van der Waals surface area contributed by atoms with Gasteiger partial charge in [0.1, 0.15) is 0 Å². The minimum atomic E-state index is -0.587. The van der Waals surface area contributed by atoms with E-state index in [1.165, 1.54) is 25.7 Å².